The van der Waals surface area contributed by atoms with Crippen LogP contribution in [0.2, 0.25) is 0 Å². The van der Waals surface area contributed by atoms with Gasteiger partial charge in [-0.3, -0.25) is 4.98 Å². The van der Waals surface area contributed by atoms with Gasteiger partial charge in [-0.2, -0.15) is 0 Å². The molecule has 0 unspecified atom stereocenters. The SMILES string of the molecule is c1cnc2nc3c(nc2c1)sc1cccnc13. The topological polar surface area (TPSA) is 51.6 Å². The van der Waals surface area contributed by atoms with Crippen molar-refractivity contribution in [1.82, 2.24) is 19.9 Å². The highest BCUT2D eigenvalue weighted by atomic mass is 32.1. The molecule has 4 rings (SSSR count). The maximum atomic E-state index is 4.57. The van der Waals surface area contributed by atoms with E-state index in [0.29, 0.717) is 5.65 Å². The number of fused-ring (bicyclic) bond motifs is 4. The van der Waals surface area contributed by atoms with Gasteiger partial charge in [0.15, 0.2) is 5.65 Å². The highest BCUT2D eigenvalue weighted by Gasteiger charge is 2.09. The molecule has 0 radical (unpaired) electrons. The molecule has 4 nitrogen and oxygen atoms in total. The molecule has 0 fully saturated rings. The Hall–Kier alpha value is -2.14. The molecule has 0 spiro atoms. The van der Waals surface area contributed by atoms with E-state index in [9.17, 15) is 0 Å². The van der Waals surface area contributed by atoms with Crippen molar-refractivity contribution < 1.29 is 0 Å². The van der Waals surface area contributed by atoms with E-state index < -0.39 is 0 Å². The second-order valence-corrected chi connectivity index (χ2v) is 4.71. The van der Waals surface area contributed by atoms with E-state index in [2.05, 4.69) is 19.9 Å². The lowest BCUT2D eigenvalue weighted by Gasteiger charge is -1.94. The van der Waals surface area contributed by atoms with E-state index in [4.69, 9.17) is 0 Å². The lowest BCUT2D eigenvalue weighted by Crippen LogP contribution is -1.86. The van der Waals surface area contributed by atoms with Crippen LogP contribution in [0.15, 0.2) is 36.7 Å². The third kappa shape index (κ3) is 1.23. The molecule has 17 heavy (non-hydrogen) atoms. The van der Waals surface area contributed by atoms with Crippen LogP contribution < -0.4 is 0 Å². The van der Waals surface area contributed by atoms with Crippen molar-refractivity contribution >= 4 is 43.1 Å². The molecule has 0 saturated heterocycles. The minimum atomic E-state index is 0.672. The Morgan fingerprint density at radius 3 is 2.76 bits per heavy atom. The molecule has 0 aliphatic carbocycles. The van der Waals surface area contributed by atoms with Crippen LogP contribution in [0.25, 0.3) is 31.7 Å². The largest absolute Gasteiger partial charge is 0.253 e. The standard InChI is InChI=1S/C12H6N4S/c1-3-7-11(14-6-1)16-10-9-8(4-2-5-13-9)17-12(10)15-7/h1-6H. The summed E-state index contributed by atoms with van der Waals surface area (Å²) >= 11 is 1.61. The molecule has 0 saturated carbocycles. The van der Waals surface area contributed by atoms with Crippen LogP contribution in [0, 0.1) is 0 Å². The van der Waals surface area contributed by atoms with Crippen molar-refractivity contribution in [3.8, 4) is 0 Å². The van der Waals surface area contributed by atoms with Crippen LogP contribution in [-0.2, 0) is 0 Å². The van der Waals surface area contributed by atoms with Gasteiger partial charge in [0.2, 0.25) is 0 Å². The molecular formula is C12H6N4S. The summed E-state index contributed by atoms with van der Waals surface area (Å²) in [5.41, 5.74) is 3.25. The van der Waals surface area contributed by atoms with Crippen molar-refractivity contribution in [2.24, 2.45) is 0 Å². The van der Waals surface area contributed by atoms with Gasteiger partial charge in [-0.25, -0.2) is 15.0 Å². The van der Waals surface area contributed by atoms with Crippen LogP contribution in [0.1, 0.15) is 0 Å². The van der Waals surface area contributed by atoms with Gasteiger partial charge >= 0.3 is 0 Å². The van der Waals surface area contributed by atoms with Gasteiger partial charge < -0.3 is 0 Å². The molecule has 0 atom stereocenters. The van der Waals surface area contributed by atoms with E-state index in [1.807, 2.05) is 24.3 Å². The van der Waals surface area contributed by atoms with Crippen molar-refractivity contribution in [1.29, 1.82) is 0 Å². The van der Waals surface area contributed by atoms with Crippen LogP contribution >= 0.6 is 11.3 Å². The van der Waals surface area contributed by atoms with Crippen LogP contribution in [0.4, 0.5) is 0 Å². The minimum Gasteiger partial charge on any atom is -0.253 e. The number of rotatable bonds is 0. The zero-order valence-electron chi connectivity index (χ0n) is 8.66. The van der Waals surface area contributed by atoms with E-state index in [1.165, 1.54) is 0 Å². The monoisotopic (exact) mass is 238 g/mol. The fourth-order valence-electron chi connectivity index (χ4n) is 1.86. The second kappa shape index (κ2) is 3.18. The summed E-state index contributed by atoms with van der Waals surface area (Å²) in [5.74, 6) is 0. The van der Waals surface area contributed by atoms with Crippen LogP contribution in [-0.4, -0.2) is 19.9 Å². The highest BCUT2D eigenvalue weighted by Crippen LogP contribution is 2.30. The molecular weight excluding hydrogens is 232 g/mol. The first-order valence-corrected chi connectivity index (χ1v) is 5.99. The van der Waals surface area contributed by atoms with E-state index >= 15 is 0 Å². The first kappa shape index (κ1) is 8.95. The molecule has 0 amide bonds. The van der Waals surface area contributed by atoms with Gasteiger partial charge in [0.1, 0.15) is 21.4 Å². The van der Waals surface area contributed by atoms with Crippen LogP contribution in [0.3, 0.4) is 0 Å². The number of thiophene rings is 1. The molecule has 5 heteroatoms. The first-order valence-electron chi connectivity index (χ1n) is 5.18. The zero-order valence-corrected chi connectivity index (χ0v) is 9.48. The fraction of sp³-hybridized carbons (Fsp3) is 0. The predicted octanol–water partition coefficient (Wildman–Crippen LogP) is 2.79. The minimum absolute atomic E-state index is 0.672. The predicted molar refractivity (Wildman–Crippen MR) is 68.0 cm³/mol. The lowest BCUT2D eigenvalue weighted by molar-refractivity contribution is 1.29. The first-order chi connectivity index (χ1) is 8.42. The maximum absolute atomic E-state index is 4.57. The van der Waals surface area contributed by atoms with Crippen LogP contribution in [0.5, 0.6) is 0 Å². The van der Waals surface area contributed by atoms with Gasteiger partial charge in [0.05, 0.1) is 4.70 Å². The molecule has 0 aliphatic heterocycles. The Bertz CT molecular complexity index is 847. The number of hydrogen-bond donors (Lipinski definition) is 0. The Labute approximate surface area is 100.0 Å². The Kier molecular flexibility index (Phi) is 1.67. The van der Waals surface area contributed by atoms with Crippen molar-refractivity contribution in [3.05, 3.63) is 36.7 Å². The number of aromatic nitrogens is 4. The number of nitrogens with zero attached hydrogens (tertiary/aromatic N) is 4. The second-order valence-electron chi connectivity index (χ2n) is 3.68. The van der Waals surface area contributed by atoms with Gasteiger partial charge in [-0.15, -0.1) is 11.3 Å². The lowest BCUT2D eigenvalue weighted by atomic mass is 10.3. The van der Waals surface area contributed by atoms with E-state index in [0.717, 1.165) is 26.1 Å². The van der Waals surface area contributed by atoms with Gasteiger partial charge in [-0.1, -0.05) is 0 Å². The molecule has 0 aromatic carbocycles. The normalized spacial score (nSPS) is 11.5. The third-order valence-corrected chi connectivity index (χ3v) is 3.64. The number of hydrogen-bond acceptors (Lipinski definition) is 5. The maximum Gasteiger partial charge on any atom is 0.178 e. The zero-order chi connectivity index (χ0) is 11.2. The Morgan fingerprint density at radius 1 is 0.882 bits per heavy atom. The van der Waals surface area contributed by atoms with Crippen molar-refractivity contribution in [2.45, 2.75) is 0 Å². The summed E-state index contributed by atoms with van der Waals surface area (Å²) < 4.78 is 1.11. The molecule has 4 aromatic heterocycles. The van der Waals surface area contributed by atoms with Crippen molar-refractivity contribution in [2.75, 3.05) is 0 Å². The van der Waals surface area contributed by atoms with Crippen molar-refractivity contribution in [3.63, 3.8) is 0 Å². The number of pyridine rings is 2. The van der Waals surface area contributed by atoms with Gasteiger partial charge in [-0.05, 0) is 24.3 Å². The van der Waals surface area contributed by atoms with Gasteiger partial charge in [0, 0.05) is 12.4 Å². The summed E-state index contributed by atoms with van der Waals surface area (Å²) in [6.45, 7) is 0. The Balaban J connectivity index is 2.28. The van der Waals surface area contributed by atoms with E-state index in [1.54, 1.807) is 23.7 Å². The van der Waals surface area contributed by atoms with Gasteiger partial charge in [0.25, 0.3) is 0 Å². The average Bonchev–Trinajstić information content (AvgIpc) is 2.73. The highest BCUT2D eigenvalue weighted by molar-refractivity contribution is 7.25. The molecule has 0 bridgehead atoms. The summed E-state index contributed by atoms with van der Waals surface area (Å²) in [5, 5.41) is 0. The summed E-state index contributed by atoms with van der Waals surface area (Å²) in [6, 6.07) is 7.76. The Morgan fingerprint density at radius 2 is 1.76 bits per heavy atom. The third-order valence-electron chi connectivity index (χ3n) is 2.61. The van der Waals surface area contributed by atoms with E-state index in [-0.39, 0.29) is 0 Å². The molecule has 80 valence electrons. The summed E-state index contributed by atoms with van der Waals surface area (Å²) in [7, 11) is 0. The fourth-order valence-corrected chi connectivity index (χ4v) is 2.84. The summed E-state index contributed by atoms with van der Waals surface area (Å²) in [6.07, 6.45) is 3.50. The average molecular weight is 238 g/mol. The molecule has 4 aromatic rings. The smallest absolute Gasteiger partial charge is 0.178 e. The quantitative estimate of drug-likeness (QED) is 0.472. The molecule has 0 aliphatic rings. The molecule has 0 N–H and O–H groups in total. The molecule has 4 heterocycles. The summed E-state index contributed by atoms with van der Waals surface area (Å²) in [4.78, 5) is 18.6.